The van der Waals surface area contributed by atoms with Gasteiger partial charge in [-0.3, -0.25) is 0 Å². The maximum Gasteiger partial charge on any atom is 0.193 e. The van der Waals surface area contributed by atoms with E-state index in [0.29, 0.717) is 6.61 Å². The van der Waals surface area contributed by atoms with E-state index in [0.717, 1.165) is 21.4 Å². The third-order valence-corrected chi connectivity index (χ3v) is 17.3. The highest BCUT2D eigenvalue weighted by atomic mass is 32.1. The van der Waals surface area contributed by atoms with Crippen molar-refractivity contribution in [2.24, 2.45) is 0 Å². The van der Waals surface area contributed by atoms with E-state index in [-0.39, 0.29) is 16.2 Å². The first-order valence-electron chi connectivity index (χ1n) is 10.3. The number of aromatic nitrogens is 2. The van der Waals surface area contributed by atoms with Gasteiger partial charge in [0, 0.05) is 10.8 Å². The Hall–Kier alpha value is -0.386. The van der Waals surface area contributed by atoms with Gasteiger partial charge in [-0.15, -0.1) is 22.7 Å². The molecule has 8 heteroatoms. The maximum absolute atomic E-state index is 6.50. The summed E-state index contributed by atoms with van der Waals surface area (Å²) in [7, 11) is -3.59. The number of nitrogens with zero attached hydrogens (tertiary/aromatic N) is 2. The largest absolute Gasteiger partial charge is 0.411 e. The van der Waals surface area contributed by atoms with Crippen molar-refractivity contribution in [3.63, 3.8) is 0 Å². The third-order valence-electron chi connectivity index (χ3n) is 6.31. The van der Waals surface area contributed by atoms with Crippen LogP contribution >= 0.6 is 22.7 Å². The predicted octanol–water partition coefficient (Wildman–Crippen LogP) is 7.87. The summed E-state index contributed by atoms with van der Waals surface area (Å²) in [6.07, 6.45) is 0.0102. The van der Waals surface area contributed by atoms with Gasteiger partial charge in [0.1, 0.15) is 15.7 Å². The molecule has 4 nitrogen and oxygen atoms in total. The Balaban J connectivity index is 2.06. The summed E-state index contributed by atoms with van der Waals surface area (Å²) >= 11 is 3.30. The average Bonchev–Trinajstić information content (AvgIpc) is 3.19. The van der Waals surface area contributed by atoms with Gasteiger partial charge in [-0.2, -0.15) is 0 Å². The zero-order valence-corrected chi connectivity index (χ0v) is 23.6. The molecule has 0 aliphatic heterocycles. The minimum absolute atomic E-state index is 0.0102. The Kier molecular flexibility index (Phi) is 7.40. The monoisotopic (exact) mass is 470 g/mol. The van der Waals surface area contributed by atoms with Crippen LogP contribution in [-0.2, 0) is 15.5 Å². The van der Waals surface area contributed by atoms with Crippen molar-refractivity contribution in [1.29, 1.82) is 0 Å². The topological polar surface area (TPSA) is 44.2 Å². The van der Waals surface area contributed by atoms with Crippen molar-refractivity contribution in [2.45, 2.75) is 97.4 Å². The number of thiazole rings is 2. The van der Waals surface area contributed by atoms with E-state index in [2.05, 4.69) is 85.4 Å². The summed E-state index contributed by atoms with van der Waals surface area (Å²) in [4.78, 5) is 9.62. The van der Waals surface area contributed by atoms with Gasteiger partial charge < -0.3 is 8.85 Å². The second-order valence-corrected chi connectivity index (χ2v) is 22.1. The molecule has 0 amide bonds. The lowest BCUT2D eigenvalue weighted by Crippen LogP contribution is -2.41. The zero-order chi connectivity index (χ0) is 22.3. The summed E-state index contributed by atoms with van der Waals surface area (Å²) in [5, 5.41) is 6.57. The van der Waals surface area contributed by atoms with Gasteiger partial charge in [0.15, 0.2) is 16.6 Å². The van der Waals surface area contributed by atoms with Gasteiger partial charge >= 0.3 is 0 Å². The summed E-state index contributed by atoms with van der Waals surface area (Å²) in [5.41, 5.74) is 1.94. The molecule has 0 saturated heterocycles. The molecular formula is C21H38N2O2S2Si2. The fourth-order valence-electron chi connectivity index (χ4n) is 2.20. The van der Waals surface area contributed by atoms with Gasteiger partial charge in [0.25, 0.3) is 0 Å². The highest BCUT2D eigenvalue weighted by Crippen LogP contribution is 2.41. The molecule has 2 rings (SSSR count). The quantitative estimate of drug-likeness (QED) is 0.386. The molecule has 0 spiro atoms. The first-order valence-corrected chi connectivity index (χ1v) is 17.8. The molecule has 1 atom stereocenters. The van der Waals surface area contributed by atoms with Crippen LogP contribution < -0.4 is 0 Å². The first kappa shape index (κ1) is 24.9. The van der Waals surface area contributed by atoms with Gasteiger partial charge in [0.05, 0.1) is 18.4 Å². The van der Waals surface area contributed by atoms with Crippen LogP contribution in [0, 0.1) is 0 Å². The molecule has 0 saturated carbocycles. The number of hydrogen-bond acceptors (Lipinski definition) is 6. The number of hydrogen-bond donors (Lipinski definition) is 0. The molecule has 164 valence electrons. The predicted molar refractivity (Wildman–Crippen MR) is 132 cm³/mol. The summed E-state index contributed by atoms with van der Waals surface area (Å²) in [6.45, 7) is 25.4. The zero-order valence-electron chi connectivity index (χ0n) is 20.0. The first-order chi connectivity index (χ1) is 13.0. The molecular weight excluding hydrogens is 433 g/mol. The van der Waals surface area contributed by atoms with Crippen molar-refractivity contribution < 1.29 is 8.85 Å². The molecule has 0 fully saturated rings. The van der Waals surface area contributed by atoms with E-state index in [9.17, 15) is 0 Å². The highest BCUT2D eigenvalue weighted by molar-refractivity contribution is 7.14. The SMILES string of the molecule is CC(O[Si](C)(C)C(C)(C)C)c1nc(-c2nc(CO[Si](C)(C)C(C)(C)C)cs2)cs1. The summed E-state index contributed by atoms with van der Waals surface area (Å²) in [5.74, 6) is 0. The molecule has 0 radical (unpaired) electrons. The fourth-order valence-corrected chi connectivity index (χ4v) is 6.21. The Morgan fingerprint density at radius 2 is 1.48 bits per heavy atom. The molecule has 0 bridgehead atoms. The van der Waals surface area contributed by atoms with Crippen LogP contribution in [-0.4, -0.2) is 26.6 Å². The van der Waals surface area contributed by atoms with E-state index in [1.165, 1.54) is 0 Å². The van der Waals surface area contributed by atoms with Crippen molar-refractivity contribution in [3.8, 4) is 10.7 Å². The molecule has 0 aromatic carbocycles. The standard InChI is InChI=1S/C21H38N2O2S2Si2/c1-15(25-29(10,11)21(5,6)7)18-23-17(14-27-18)19-22-16(13-26-19)12-24-28(8,9)20(2,3)4/h13-15H,12H2,1-11H3. The minimum Gasteiger partial charge on any atom is -0.411 e. The fraction of sp³-hybridized carbons (Fsp3) is 0.714. The van der Waals surface area contributed by atoms with Gasteiger partial charge in [-0.25, -0.2) is 9.97 Å². The van der Waals surface area contributed by atoms with Crippen molar-refractivity contribution in [1.82, 2.24) is 9.97 Å². The van der Waals surface area contributed by atoms with Gasteiger partial charge in [-0.05, 0) is 43.2 Å². The Morgan fingerprint density at radius 1 is 0.897 bits per heavy atom. The van der Waals surface area contributed by atoms with Crippen LogP contribution in [0.2, 0.25) is 36.3 Å². The van der Waals surface area contributed by atoms with E-state index < -0.39 is 16.6 Å². The second-order valence-electron chi connectivity index (χ2n) is 10.8. The molecule has 0 aliphatic carbocycles. The second kappa shape index (κ2) is 8.63. The van der Waals surface area contributed by atoms with E-state index >= 15 is 0 Å². The smallest absolute Gasteiger partial charge is 0.193 e. The molecule has 1 unspecified atom stereocenters. The highest BCUT2D eigenvalue weighted by Gasteiger charge is 2.39. The van der Waals surface area contributed by atoms with Gasteiger partial charge in [-0.1, -0.05) is 41.5 Å². The van der Waals surface area contributed by atoms with E-state index in [4.69, 9.17) is 18.8 Å². The molecule has 2 aromatic heterocycles. The van der Waals surface area contributed by atoms with Crippen LogP contribution in [0.1, 0.15) is 65.3 Å². The van der Waals surface area contributed by atoms with Crippen LogP contribution in [0.15, 0.2) is 10.8 Å². The van der Waals surface area contributed by atoms with Crippen LogP contribution in [0.5, 0.6) is 0 Å². The lowest BCUT2D eigenvalue weighted by molar-refractivity contribution is 0.202. The van der Waals surface area contributed by atoms with E-state index in [1.54, 1.807) is 22.7 Å². The van der Waals surface area contributed by atoms with Crippen LogP contribution in [0.4, 0.5) is 0 Å². The van der Waals surface area contributed by atoms with Crippen LogP contribution in [0.3, 0.4) is 0 Å². The van der Waals surface area contributed by atoms with Gasteiger partial charge in [0.2, 0.25) is 0 Å². The molecule has 2 aromatic rings. The van der Waals surface area contributed by atoms with Crippen molar-refractivity contribution in [2.75, 3.05) is 0 Å². The van der Waals surface area contributed by atoms with E-state index in [1.807, 2.05) is 0 Å². The average molecular weight is 471 g/mol. The minimum atomic E-state index is -1.82. The lowest BCUT2D eigenvalue weighted by atomic mass is 10.2. The molecule has 29 heavy (non-hydrogen) atoms. The molecule has 2 heterocycles. The number of rotatable bonds is 7. The Morgan fingerprint density at radius 3 is 2.03 bits per heavy atom. The van der Waals surface area contributed by atoms with Crippen LogP contribution in [0.25, 0.3) is 10.7 Å². The Labute approximate surface area is 187 Å². The van der Waals surface area contributed by atoms with Crippen molar-refractivity contribution in [3.05, 3.63) is 21.5 Å². The Bertz CT molecular complexity index is 817. The lowest BCUT2D eigenvalue weighted by Gasteiger charge is -2.38. The molecule has 0 aliphatic rings. The maximum atomic E-state index is 6.50. The van der Waals surface area contributed by atoms with Crippen molar-refractivity contribution >= 4 is 39.3 Å². The molecule has 0 N–H and O–H groups in total. The summed E-state index contributed by atoms with van der Waals surface area (Å²) in [6, 6.07) is 0. The third kappa shape index (κ3) is 6.07. The summed E-state index contributed by atoms with van der Waals surface area (Å²) < 4.78 is 12.8. The normalized spacial score (nSPS) is 15.0.